The van der Waals surface area contributed by atoms with Crippen molar-refractivity contribution in [2.24, 2.45) is 0 Å². The second kappa shape index (κ2) is 3.94. The molecule has 1 aliphatic heterocycles. The van der Waals surface area contributed by atoms with Crippen LogP contribution in [0.2, 0.25) is 0 Å². The number of furan rings is 1. The molecule has 2 heterocycles. The molecule has 1 saturated heterocycles. The van der Waals surface area contributed by atoms with Crippen molar-refractivity contribution in [3.05, 3.63) is 24.2 Å². The Morgan fingerprint density at radius 1 is 1.62 bits per heavy atom. The van der Waals surface area contributed by atoms with Crippen molar-refractivity contribution in [3.63, 3.8) is 0 Å². The van der Waals surface area contributed by atoms with Crippen molar-refractivity contribution in [2.75, 3.05) is 6.61 Å². The first-order valence-corrected chi connectivity index (χ1v) is 4.73. The summed E-state index contributed by atoms with van der Waals surface area (Å²) in [4.78, 5) is 0. The molecule has 0 spiro atoms. The molecule has 1 aliphatic rings. The van der Waals surface area contributed by atoms with Crippen LogP contribution < -0.4 is 5.32 Å². The van der Waals surface area contributed by atoms with E-state index < -0.39 is 0 Å². The van der Waals surface area contributed by atoms with E-state index in [2.05, 4.69) is 12.2 Å². The van der Waals surface area contributed by atoms with Crippen molar-refractivity contribution in [1.29, 1.82) is 0 Å². The second-order valence-electron chi connectivity index (χ2n) is 3.43. The minimum absolute atomic E-state index is 0.329. The molecule has 1 aromatic heterocycles. The number of rotatable bonds is 3. The molecule has 2 rings (SSSR count). The van der Waals surface area contributed by atoms with Gasteiger partial charge >= 0.3 is 0 Å². The Balaban J connectivity index is 1.79. The van der Waals surface area contributed by atoms with E-state index in [4.69, 9.17) is 9.15 Å². The predicted molar refractivity (Wildman–Crippen MR) is 49.4 cm³/mol. The average molecular weight is 181 g/mol. The first kappa shape index (κ1) is 8.78. The third kappa shape index (κ3) is 2.11. The molecule has 0 saturated carbocycles. The van der Waals surface area contributed by atoms with Gasteiger partial charge in [-0.15, -0.1) is 0 Å². The smallest absolute Gasteiger partial charge is 0.117 e. The summed E-state index contributed by atoms with van der Waals surface area (Å²) in [7, 11) is 0. The average Bonchev–Trinajstić information content (AvgIpc) is 2.72. The molecule has 1 fully saturated rings. The molecule has 72 valence electrons. The molecule has 3 nitrogen and oxygen atoms in total. The highest BCUT2D eigenvalue weighted by Crippen LogP contribution is 2.13. The van der Waals surface area contributed by atoms with Crippen molar-refractivity contribution in [3.8, 4) is 0 Å². The summed E-state index contributed by atoms with van der Waals surface area (Å²) in [6.07, 6.45) is 3.13. The van der Waals surface area contributed by atoms with Gasteiger partial charge in [0.2, 0.25) is 0 Å². The fourth-order valence-electron chi connectivity index (χ4n) is 1.64. The van der Waals surface area contributed by atoms with Crippen LogP contribution in [0.15, 0.2) is 22.8 Å². The van der Waals surface area contributed by atoms with Gasteiger partial charge in [-0.05, 0) is 25.5 Å². The molecule has 0 amide bonds. The van der Waals surface area contributed by atoms with Crippen LogP contribution in [0, 0.1) is 0 Å². The minimum atomic E-state index is 0.329. The SMILES string of the molecule is CC1OCCC1NCc1ccco1. The zero-order valence-corrected chi connectivity index (χ0v) is 7.82. The van der Waals surface area contributed by atoms with E-state index in [1.165, 1.54) is 0 Å². The number of hydrogen-bond donors (Lipinski definition) is 1. The van der Waals surface area contributed by atoms with E-state index in [0.29, 0.717) is 12.1 Å². The van der Waals surface area contributed by atoms with Crippen LogP contribution >= 0.6 is 0 Å². The Hall–Kier alpha value is -0.800. The quantitative estimate of drug-likeness (QED) is 0.768. The number of nitrogens with one attached hydrogen (secondary N) is 1. The Morgan fingerprint density at radius 2 is 2.54 bits per heavy atom. The number of hydrogen-bond acceptors (Lipinski definition) is 3. The fourth-order valence-corrected chi connectivity index (χ4v) is 1.64. The van der Waals surface area contributed by atoms with Crippen LogP contribution in [0.3, 0.4) is 0 Å². The molecule has 0 aliphatic carbocycles. The van der Waals surface area contributed by atoms with Gasteiger partial charge in [0.05, 0.1) is 18.9 Å². The standard InChI is InChI=1S/C10H15NO2/c1-8-10(4-6-12-8)11-7-9-3-2-5-13-9/h2-3,5,8,10-11H,4,6-7H2,1H3. The van der Waals surface area contributed by atoms with Gasteiger partial charge < -0.3 is 14.5 Å². The Morgan fingerprint density at radius 3 is 3.15 bits per heavy atom. The van der Waals surface area contributed by atoms with E-state index in [1.54, 1.807) is 6.26 Å². The maximum Gasteiger partial charge on any atom is 0.117 e. The fraction of sp³-hybridized carbons (Fsp3) is 0.600. The highest BCUT2D eigenvalue weighted by molar-refractivity contribution is 4.98. The zero-order valence-electron chi connectivity index (χ0n) is 7.82. The molecule has 3 heteroatoms. The summed E-state index contributed by atoms with van der Waals surface area (Å²) in [6, 6.07) is 4.36. The lowest BCUT2D eigenvalue weighted by atomic mass is 10.1. The summed E-state index contributed by atoms with van der Waals surface area (Å²) in [5.74, 6) is 0.985. The highest BCUT2D eigenvalue weighted by atomic mass is 16.5. The maximum absolute atomic E-state index is 5.44. The van der Waals surface area contributed by atoms with E-state index in [0.717, 1.165) is 25.3 Å². The van der Waals surface area contributed by atoms with Crippen LogP contribution in [0.4, 0.5) is 0 Å². The Kier molecular flexibility index (Phi) is 2.66. The molecule has 13 heavy (non-hydrogen) atoms. The van der Waals surface area contributed by atoms with Crippen molar-refractivity contribution in [1.82, 2.24) is 5.32 Å². The normalized spacial score (nSPS) is 28.1. The van der Waals surface area contributed by atoms with Crippen molar-refractivity contribution >= 4 is 0 Å². The van der Waals surface area contributed by atoms with E-state index in [9.17, 15) is 0 Å². The Bertz CT molecular complexity index is 245. The van der Waals surface area contributed by atoms with E-state index in [-0.39, 0.29) is 0 Å². The van der Waals surface area contributed by atoms with Crippen molar-refractivity contribution in [2.45, 2.75) is 32.0 Å². The van der Waals surface area contributed by atoms with Gasteiger partial charge in [0.25, 0.3) is 0 Å². The molecule has 2 atom stereocenters. The molecule has 1 aromatic rings. The maximum atomic E-state index is 5.44. The third-order valence-electron chi connectivity index (χ3n) is 2.49. The van der Waals surface area contributed by atoms with Gasteiger partial charge in [0, 0.05) is 12.6 Å². The topological polar surface area (TPSA) is 34.4 Å². The summed E-state index contributed by atoms with van der Waals surface area (Å²) < 4.78 is 10.7. The van der Waals surface area contributed by atoms with Crippen LogP contribution in [0.25, 0.3) is 0 Å². The van der Waals surface area contributed by atoms with Crippen LogP contribution in [0.1, 0.15) is 19.1 Å². The van der Waals surface area contributed by atoms with E-state index >= 15 is 0 Å². The molecule has 0 aromatic carbocycles. The molecule has 1 N–H and O–H groups in total. The van der Waals surface area contributed by atoms with Gasteiger partial charge in [-0.25, -0.2) is 0 Å². The van der Waals surface area contributed by atoms with Gasteiger partial charge in [0.1, 0.15) is 5.76 Å². The first-order valence-electron chi connectivity index (χ1n) is 4.73. The third-order valence-corrected chi connectivity index (χ3v) is 2.49. The van der Waals surface area contributed by atoms with Gasteiger partial charge in [-0.3, -0.25) is 0 Å². The zero-order chi connectivity index (χ0) is 9.10. The molecule has 0 bridgehead atoms. The van der Waals surface area contributed by atoms with Crippen LogP contribution in [-0.2, 0) is 11.3 Å². The first-order chi connectivity index (χ1) is 6.36. The largest absolute Gasteiger partial charge is 0.468 e. The molecular formula is C10H15NO2. The lowest BCUT2D eigenvalue weighted by Crippen LogP contribution is -2.33. The molecular weight excluding hydrogens is 166 g/mol. The minimum Gasteiger partial charge on any atom is -0.468 e. The van der Waals surface area contributed by atoms with Gasteiger partial charge in [-0.2, -0.15) is 0 Å². The predicted octanol–water partition coefficient (Wildman–Crippen LogP) is 1.55. The van der Waals surface area contributed by atoms with Gasteiger partial charge in [-0.1, -0.05) is 0 Å². The summed E-state index contributed by atoms with van der Waals surface area (Å²) in [5.41, 5.74) is 0. The second-order valence-corrected chi connectivity index (χ2v) is 3.43. The summed E-state index contributed by atoms with van der Waals surface area (Å²) >= 11 is 0. The summed E-state index contributed by atoms with van der Waals surface area (Å²) in [5, 5.41) is 3.42. The lowest BCUT2D eigenvalue weighted by Gasteiger charge is -2.14. The monoisotopic (exact) mass is 181 g/mol. The Labute approximate surface area is 78.1 Å². The van der Waals surface area contributed by atoms with Crippen LogP contribution in [0.5, 0.6) is 0 Å². The van der Waals surface area contributed by atoms with Crippen molar-refractivity contribution < 1.29 is 9.15 Å². The lowest BCUT2D eigenvalue weighted by molar-refractivity contribution is 0.112. The van der Waals surface area contributed by atoms with E-state index in [1.807, 2.05) is 12.1 Å². The van der Waals surface area contributed by atoms with Gasteiger partial charge in [0.15, 0.2) is 0 Å². The number of ether oxygens (including phenoxy) is 1. The van der Waals surface area contributed by atoms with Crippen LogP contribution in [-0.4, -0.2) is 18.8 Å². The molecule has 0 radical (unpaired) electrons. The summed E-state index contributed by atoms with van der Waals surface area (Å²) in [6.45, 7) is 3.77. The highest BCUT2D eigenvalue weighted by Gasteiger charge is 2.23. The molecule has 2 unspecified atom stereocenters.